The van der Waals surface area contributed by atoms with Gasteiger partial charge in [0.1, 0.15) is 5.82 Å². The van der Waals surface area contributed by atoms with Gasteiger partial charge in [0.25, 0.3) is 0 Å². The van der Waals surface area contributed by atoms with Gasteiger partial charge in [0.2, 0.25) is 11.9 Å². The summed E-state index contributed by atoms with van der Waals surface area (Å²) in [4.78, 5) is 23.7. The maximum Gasteiger partial charge on any atom is 0.224 e. The molecule has 2 saturated carbocycles. The molecule has 30 heavy (non-hydrogen) atoms. The third kappa shape index (κ3) is 4.86. The van der Waals surface area contributed by atoms with Crippen LogP contribution < -0.4 is 15.5 Å². The summed E-state index contributed by atoms with van der Waals surface area (Å²) in [5.41, 5.74) is 2.24. The summed E-state index contributed by atoms with van der Waals surface area (Å²) in [7, 11) is 3.98. The van der Waals surface area contributed by atoms with E-state index in [2.05, 4.69) is 26.7 Å². The highest BCUT2D eigenvalue weighted by Crippen LogP contribution is 2.48. The lowest BCUT2D eigenvalue weighted by molar-refractivity contribution is -0.123. The van der Waals surface area contributed by atoms with E-state index in [4.69, 9.17) is 11.6 Å². The highest BCUT2D eigenvalue weighted by molar-refractivity contribution is 6.30. The van der Waals surface area contributed by atoms with Gasteiger partial charge < -0.3 is 15.5 Å². The third-order valence-corrected chi connectivity index (χ3v) is 6.41. The number of nitrogens with zero attached hydrogens (tertiary/aromatic N) is 3. The lowest BCUT2D eigenvalue weighted by Gasteiger charge is -2.30. The van der Waals surface area contributed by atoms with E-state index in [-0.39, 0.29) is 17.9 Å². The molecule has 2 aromatic rings. The fourth-order valence-corrected chi connectivity index (χ4v) is 4.62. The second-order valence-corrected chi connectivity index (χ2v) is 9.24. The maximum absolute atomic E-state index is 12.7. The van der Waals surface area contributed by atoms with Gasteiger partial charge in [-0.05, 0) is 62.6 Å². The Balaban J connectivity index is 1.24. The molecule has 0 aliphatic heterocycles. The molecule has 0 saturated heterocycles. The summed E-state index contributed by atoms with van der Waals surface area (Å²) in [6.45, 7) is 2.02. The van der Waals surface area contributed by atoms with Crippen molar-refractivity contribution >= 4 is 29.3 Å². The molecule has 4 rings (SSSR count). The van der Waals surface area contributed by atoms with Crippen LogP contribution in [0.4, 0.5) is 11.8 Å². The van der Waals surface area contributed by atoms with Crippen molar-refractivity contribution in [3.05, 3.63) is 46.6 Å². The Hall–Kier alpha value is -2.34. The number of hydrogen-bond donors (Lipinski definition) is 2. The number of rotatable bonds is 6. The average molecular weight is 428 g/mol. The van der Waals surface area contributed by atoms with Gasteiger partial charge in [-0.3, -0.25) is 4.79 Å². The first kappa shape index (κ1) is 20.9. The number of nitrogens with one attached hydrogen (secondary N) is 2. The van der Waals surface area contributed by atoms with Crippen LogP contribution in [0.15, 0.2) is 30.5 Å². The molecule has 2 atom stereocenters. The first-order chi connectivity index (χ1) is 14.4. The predicted octanol–water partition coefficient (Wildman–Crippen LogP) is 4.15. The molecular formula is C23H30ClN5O. The van der Waals surface area contributed by atoms with Gasteiger partial charge in [0.15, 0.2) is 0 Å². The summed E-state index contributed by atoms with van der Waals surface area (Å²) < 4.78 is 0. The molecule has 0 spiro atoms. The van der Waals surface area contributed by atoms with Crippen molar-refractivity contribution in [2.24, 2.45) is 5.92 Å². The van der Waals surface area contributed by atoms with E-state index in [0.717, 1.165) is 48.5 Å². The van der Waals surface area contributed by atoms with E-state index in [0.29, 0.717) is 17.9 Å². The molecular weight excluding hydrogens is 398 g/mol. The van der Waals surface area contributed by atoms with Gasteiger partial charge in [0.05, 0.1) is 0 Å². The van der Waals surface area contributed by atoms with Crippen LogP contribution >= 0.6 is 11.6 Å². The number of aryl methyl sites for hydroxylation is 1. The van der Waals surface area contributed by atoms with Crippen LogP contribution in [0.3, 0.4) is 0 Å². The van der Waals surface area contributed by atoms with Gasteiger partial charge in [0, 0.05) is 48.9 Å². The highest BCUT2D eigenvalue weighted by atomic mass is 35.5. The first-order valence-electron chi connectivity index (χ1n) is 10.7. The number of aromatic nitrogens is 2. The first-order valence-corrected chi connectivity index (χ1v) is 11.1. The monoisotopic (exact) mass is 427 g/mol. The zero-order valence-electron chi connectivity index (χ0n) is 17.9. The predicted molar refractivity (Wildman–Crippen MR) is 121 cm³/mol. The van der Waals surface area contributed by atoms with Gasteiger partial charge in [-0.2, -0.15) is 4.98 Å². The smallest absolute Gasteiger partial charge is 0.224 e. The number of benzene rings is 1. The normalized spacial score (nSPS) is 25.5. The molecule has 0 unspecified atom stereocenters. The summed E-state index contributed by atoms with van der Waals surface area (Å²) in [5.74, 6) is 2.20. The Morgan fingerprint density at radius 2 is 1.90 bits per heavy atom. The molecule has 0 bridgehead atoms. The molecule has 2 aliphatic carbocycles. The topological polar surface area (TPSA) is 70.1 Å². The molecule has 1 heterocycles. The van der Waals surface area contributed by atoms with Crippen molar-refractivity contribution in [2.75, 3.05) is 24.3 Å². The number of amides is 1. The van der Waals surface area contributed by atoms with Crippen molar-refractivity contribution in [1.29, 1.82) is 0 Å². The molecule has 0 radical (unpaired) electrons. The fraction of sp³-hybridized carbons (Fsp3) is 0.522. The highest BCUT2D eigenvalue weighted by Gasteiger charge is 2.44. The van der Waals surface area contributed by atoms with Crippen LogP contribution in [0.5, 0.6) is 0 Å². The number of halogens is 1. The van der Waals surface area contributed by atoms with Crippen LogP contribution in [-0.4, -0.2) is 42.1 Å². The minimum atomic E-state index is 0.0877. The fourth-order valence-electron chi connectivity index (χ4n) is 4.42. The standard InChI is InChI=1S/C23H30ClN5O/c1-14-13-25-23(28-21(14)29(2)3)27-18-9-7-17(8-10-18)26-22(30)20-12-19(20)15-5-4-6-16(24)11-15/h4-6,11,13,17-20H,7-10,12H2,1-3H3,(H,26,30)(H,25,27,28)/t17-,18+,19-,20+/m0/s1. The minimum absolute atomic E-state index is 0.0877. The number of hydrogen-bond acceptors (Lipinski definition) is 5. The molecule has 1 amide bonds. The van der Waals surface area contributed by atoms with E-state index in [9.17, 15) is 4.79 Å². The van der Waals surface area contributed by atoms with E-state index >= 15 is 0 Å². The van der Waals surface area contributed by atoms with Crippen molar-refractivity contribution in [3.63, 3.8) is 0 Å². The van der Waals surface area contributed by atoms with Crippen molar-refractivity contribution < 1.29 is 4.79 Å². The summed E-state index contributed by atoms with van der Waals surface area (Å²) in [6, 6.07) is 8.47. The summed E-state index contributed by atoms with van der Waals surface area (Å²) in [5, 5.41) is 7.48. The van der Waals surface area contributed by atoms with Crippen LogP contribution in [0.25, 0.3) is 0 Å². The quantitative estimate of drug-likeness (QED) is 0.724. The van der Waals surface area contributed by atoms with E-state index < -0.39 is 0 Å². The number of carbonyl (C=O) groups is 1. The van der Waals surface area contributed by atoms with Gasteiger partial charge in [-0.25, -0.2) is 4.98 Å². The second-order valence-electron chi connectivity index (χ2n) is 8.80. The van der Waals surface area contributed by atoms with Crippen molar-refractivity contribution in [1.82, 2.24) is 15.3 Å². The van der Waals surface area contributed by atoms with E-state index in [1.54, 1.807) is 0 Å². The minimum Gasteiger partial charge on any atom is -0.362 e. The van der Waals surface area contributed by atoms with Crippen LogP contribution in [0.2, 0.25) is 5.02 Å². The van der Waals surface area contributed by atoms with Crippen LogP contribution in [0.1, 0.15) is 49.1 Å². The van der Waals surface area contributed by atoms with E-state index in [1.807, 2.05) is 50.3 Å². The Morgan fingerprint density at radius 1 is 1.17 bits per heavy atom. The molecule has 160 valence electrons. The van der Waals surface area contributed by atoms with Crippen LogP contribution in [0, 0.1) is 12.8 Å². The number of anilines is 2. The Kier molecular flexibility index (Phi) is 6.14. The summed E-state index contributed by atoms with van der Waals surface area (Å²) in [6.07, 6.45) is 6.74. The van der Waals surface area contributed by atoms with Crippen molar-refractivity contribution in [2.45, 2.75) is 57.0 Å². The number of carbonyl (C=O) groups excluding carboxylic acids is 1. The van der Waals surface area contributed by atoms with Crippen LogP contribution in [-0.2, 0) is 4.79 Å². The Labute approximate surface area is 183 Å². The SMILES string of the molecule is Cc1cnc(N[C@H]2CC[C@@H](NC(=O)[C@@H]3C[C@H]3c3cccc(Cl)c3)CC2)nc1N(C)C. The molecule has 1 aromatic carbocycles. The Morgan fingerprint density at radius 3 is 2.60 bits per heavy atom. The molecule has 6 nitrogen and oxygen atoms in total. The van der Waals surface area contributed by atoms with Gasteiger partial charge in [-0.1, -0.05) is 23.7 Å². The largest absolute Gasteiger partial charge is 0.362 e. The molecule has 2 fully saturated rings. The van der Waals surface area contributed by atoms with Gasteiger partial charge in [-0.15, -0.1) is 0 Å². The Bertz CT molecular complexity index is 910. The zero-order valence-corrected chi connectivity index (χ0v) is 18.6. The maximum atomic E-state index is 12.7. The van der Waals surface area contributed by atoms with Crippen molar-refractivity contribution in [3.8, 4) is 0 Å². The lowest BCUT2D eigenvalue weighted by Crippen LogP contribution is -2.41. The second kappa shape index (κ2) is 8.80. The molecule has 2 aliphatic rings. The van der Waals surface area contributed by atoms with Gasteiger partial charge >= 0.3 is 0 Å². The molecule has 2 N–H and O–H groups in total. The summed E-state index contributed by atoms with van der Waals surface area (Å²) >= 11 is 6.09. The third-order valence-electron chi connectivity index (χ3n) is 6.18. The van der Waals surface area contributed by atoms with E-state index in [1.165, 1.54) is 5.56 Å². The zero-order chi connectivity index (χ0) is 21.3. The average Bonchev–Trinajstić information content (AvgIpc) is 3.52. The molecule has 7 heteroatoms. The lowest BCUT2D eigenvalue weighted by atomic mass is 9.91. The molecule has 1 aromatic heterocycles.